The summed E-state index contributed by atoms with van der Waals surface area (Å²) < 4.78 is 26.8. The number of anilines is 2. The summed E-state index contributed by atoms with van der Waals surface area (Å²) >= 11 is 3.69. The van der Waals surface area contributed by atoms with Crippen LogP contribution in [0.1, 0.15) is 17.5 Å². The van der Waals surface area contributed by atoms with E-state index in [1.54, 1.807) is 18.0 Å². The Bertz CT molecular complexity index is 1550. The molecule has 3 atom stereocenters. The number of ether oxygens (including phenoxy) is 2. The summed E-state index contributed by atoms with van der Waals surface area (Å²) in [5.41, 5.74) is 2.16. The van der Waals surface area contributed by atoms with E-state index in [0.29, 0.717) is 36.9 Å². The molecule has 0 amide bonds. The van der Waals surface area contributed by atoms with Crippen molar-refractivity contribution in [2.45, 2.75) is 38.0 Å². The molecule has 0 spiro atoms. The van der Waals surface area contributed by atoms with Crippen molar-refractivity contribution in [1.29, 1.82) is 0 Å². The molecular formula is C30H30BrFN5O3+. The molecule has 2 heterocycles. The topological polar surface area (TPSA) is 75.3 Å². The molecule has 1 aliphatic heterocycles. The van der Waals surface area contributed by atoms with Crippen molar-refractivity contribution >= 4 is 44.0 Å². The Balaban J connectivity index is 1.24. The quantitative estimate of drug-likeness (QED) is 0.254. The van der Waals surface area contributed by atoms with Gasteiger partial charge in [-0.1, -0.05) is 48.5 Å². The Morgan fingerprint density at radius 2 is 1.93 bits per heavy atom. The third-order valence-corrected chi connectivity index (χ3v) is 7.97. The molecule has 1 aromatic heterocycles. The Labute approximate surface area is 240 Å². The maximum atomic E-state index is 13.7. The van der Waals surface area contributed by atoms with Gasteiger partial charge in [0, 0.05) is 31.5 Å². The zero-order chi connectivity index (χ0) is 28.2. The molecule has 1 N–H and O–H groups in total. The molecule has 1 saturated heterocycles. The molecule has 5 rings (SSSR count). The van der Waals surface area contributed by atoms with E-state index < -0.39 is 18.4 Å². The van der Waals surface area contributed by atoms with E-state index in [0.717, 1.165) is 26.4 Å². The minimum absolute atomic E-state index is 0.226. The lowest BCUT2D eigenvalue weighted by Crippen LogP contribution is -2.33. The van der Waals surface area contributed by atoms with Crippen LogP contribution in [0.2, 0.25) is 0 Å². The average Bonchev–Trinajstić information content (AvgIpc) is 3.33. The van der Waals surface area contributed by atoms with Crippen molar-refractivity contribution in [3.8, 4) is 6.57 Å². The summed E-state index contributed by atoms with van der Waals surface area (Å²) in [6.07, 6.45) is 0.0651. The lowest BCUT2D eigenvalue weighted by atomic mass is 10.1. The van der Waals surface area contributed by atoms with Gasteiger partial charge in [-0.2, -0.15) is 0 Å². The number of rotatable bonds is 9. The second-order valence-corrected chi connectivity index (χ2v) is 10.6. The maximum Gasteiger partial charge on any atom is 0.423 e. The van der Waals surface area contributed by atoms with Crippen LogP contribution in [0.3, 0.4) is 0 Å². The van der Waals surface area contributed by atoms with E-state index >= 15 is 0 Å². The van der Waals surface area contributed by atoms with Gasteiger partial charge in [-0.05, 0) is 54.8 Å². The predicted octanol–water partition coefficient (Wildman–Crippen LogP) is 5.89. The van der Waals surface area contributed by atoms with Crippen molar-refractivity contribution in [2.24, 2.45) is 0 Å². The molecule has 0 bridgehead atoms. The fourth-order valence-electron chi connectivity index (χ4n) is 4.92. The van der Waals surface area contributed by atoms with Gasteiger partial charge in [0.05, 0.1) is 19.3 Å². The van der Waals surface area contributed by atoms with Gasteiger partial charge in [-0.15, -0.1) is 0 Å². The van der Waals surface area contributed by atoms with Crippen LogP contribution in [0.15, 0.2) is 71.5 Å². The normalized spacial score (nSPS) is 18.6. The van der Waals surface area contributed by atoms with E-state index in [4.69, 9.17) is 16.0 Å². The van der Waals surface area contributed by atoms with Crippen LogP contribution in [0.5, 0.6) is 0 Å². The van der Waals surface area contributed by atoms with Crippen molar-refractivity contribution in [3.05, 3.63) is 93.3 Å². The molecule has 0 aliphatic carbocycles. The van der Waals surface area contributed by atoms with Crippen LogP contribution in [0.25, 0.3) is 15.6 Å². The fraction of sp³-hybridized carbons (Fsp3) is 0.300. The number of benzene rings is 3. The van der Waals surface area contributed by atoms with E-state index in [1.165, 1.54) is 18.5 Å². The highest BCUT2D eigenvalue weighted by atomic mass is 79.9. The summed E-state index contributed by atoms with van der Waals surface area (Å²) in [7, 11) is 3.63. The van der Waals surface area contributed by atoms with Crippen LogP contribution in [-0.2, 0) is 22.6 Å². The van der Waals surface area contributed by atoms with E-state index in [1.807, 2.05) is 36.2 Å². The zero-order valence-corrected chi connectivity index (χ0v) is 23.8. The zero-order valence-electron chi connectivity index (χ0n) is 22.2. The number of hydrogen-bond donors (Lipinski definition) is 1. The molecule has 0 unspecified atom stereocenters. The summed E-state index contributed by atoms with van der Waals surface area (Å²) in [5.74, 6) is 0.638. The SMILES string of the molecule is C#[N+]c1c(N(C)Cc2cccc(F)c2)ncnc1N(C)[C@H]1C[C@H](O)[C@@H](COCc2ccc3ccccc3c2Br)O1. The smallest absolute Gasteiger partial charge is 0.390 e. The molecule has 1 aliphatic rings. The summed E-state index contributed by atoms with van der Waals surface area (Å²) in [4.78, 5) is 16.3. The Morgan fingerprint density at radius 3 is 2.73 bits per heavy atom. The Hall–Kier alpha value is -3.62. The number of aliphatic hydroxyl groups is 1. The molecule has 206 valence electrons. The number of aliphatic hydroxyl groups excluding tert-OH is 1. The summed E-state index contributed by atoms with van der Waals surface area (Å²) in [6.45, 7) is 6.78. The van der Waals surface area contributed by atoms with Crippen molar-refractivity contribution in [3.63, 3.8) is 0 Å². The molecule has 10 heteroatoms. The van der Waals surface area contributed by atoms with Crippen molar-refractivity contribution < 1.29 is 19.0 Å². The minimum Gasteiger partial charge on any atom is -0.390 e. The molecule has 3 aromatic carbocycles. The van der Waals surface area contributed by atoms with Gasteiger partial charge in [-0.25, -0.2) is 14.4 Å². The van der Waals surface area contributed by atoms with E-state index in [9.17, 15) is 9.50 Å². The first-order valence-corrected chi connectivity index (χ1v) is 13.7. The standard InChI is InChI=1S/C30H30BrFN5O3/c1-33-28-29(36(2)15-19-7-6-9-22(32)13-19)34-18-35-30(28)37(3)26-14-24(38)25(40-26)17-39-16-21-12-11-20-8-4-5-10-23(20)27(21)31/h1,4-13,18,24-26,38H,14-17H2,2-3H3/q+1/t24-,25+,26+/m0/s1. The highest BCUT2D eigenvalue weighted by molar-refractivity contribution is 9.10. The Kier molecular flexibility index (Phi) is 8.57. The molecule has 8 nitrogen and oxygen atoms in total. The summed E-state index contributed by atoms with van der Waals surface area (Å²) in [5, 5.41) is 13.0. The van der Waals surface area contributed by atoms with Crippen molar-refractivity contribution in [1.82, 2.24) is 9.97 Å². The number of aromatic nitrogens is 2. The molecular weight excluding hydrogens is 577 g/mol. The third-order valence-electron chi connectivity index (χ3n) is 7.04. The van der Waals surface area contributed by atoms with Gasteiger partial charge < -0.3 is 24.4 Å². The summed E-state index contributed by atoms with van der Waals surface area (Å²) in [6, 6.07) is 18.6. The highest BCUT2D eigenvalue weighted by Crippen LogP contribution is 2.37. The Morgan fingerprint density at radius 1 is 1.12 bits per heavy atom. The van der Waals surface area contributed by atoms with Crippen LogP contribution in [0, 0.1) is 12.4 Å². The lowest BCUT2D eigenvalue weighted by molar-refractivity contribution is -0.0478. The molecule has 4 aromatic rings. The molecule has 0 radical (unpaired) electrons. The van der Waals surface area contributed by atoms with Gasteiger partial charge in [0.15, 0.2) is 0 Å². The second-order valence-electron chi connectivity index (χ2n) is 9.80. The van der Waals surface area contributed by atoms with Gasteiger partial charge in [0.25, 0.3) is 6.57 Å². The largest absolute Gasteiger partial charge is 0.423 e. The predicted molar refractivity (Wildman–Crippen MR) is 157 cm³/mol. The fourth-order valence-corrected chi connectivity index (χ4v) is 5.52. The second kappa shape index (κ2) is 12.3. The van der Waals surface area contributed by atoms with E-state index in [-0.39, 0.29) is 12.4 Å². The molecule has 40 heavy (non-hydrogen) atoms. The van der Waals surface area contributed by atoms with Crippen LogP contribution in [-0.4, -0.2) is 54.2 Å². The van der Waals surface area contributed by atoms with Gasteiger partial charge in [-0.3, -0.25) is 0 Å². The number of halogens is 2. The van der Waals surface area contributed by atoms with Crippen LogP contribution >= 0.6 is 15.9 Å². The number of fused-ring (bicyclic) bond motifs is 1. The van der Waals surface area contributed by atoms with E-state index in [2.05, 4.69) is 48.9 Å². The van der Waals surface area contributed by atoms with Gasteiger partial charge in [0.1, 0.15) is 24.5 Å². The first kappa shape index (κ1) is 27.9. The maximum absolute atomic E-state index is 13.7. The van der Waals surface area contributed by atoms with Crippen LogP contribution in [0.4, 0.5) is 21.7 Å². The van der Waals surface area contributed by atoms with Gasteiger partial charge in [0.2, 0.25) is 11.6 Å². The molecule has 0 saturated carbocycles. The van der Waals surface area contributed by atoms with Crippen molar-refractivity contribution in [2.75, 3.05) is 30.5 Å². The average molecular weight is 608 g/mol. The lowest BCUT2D eigenvalue weighted by Gasteiger charge is -2.25. The van der Waals surface area contributed by atoms with Crippen LogP contribution < -0.4 is 9.80 Å². The minimum atomic E-state index is -0.720. The first-order chi connectivity index (χ1) is 19.4. The van der Waals surface area contributed by atoms with Gasteiger partial charge >= 0.3 is 5.69 Å². The number of nitrogens with zero attached hydrogens (tertiary/aromatic N) is 5. The third kappa shape index (κ3) is 5.93. The monoisotopic (exact) mass is 606 g/mol. The number of hydrogen-bond acceptors (Lipinski definition) is 7. The highest BCUT2D eigenvalue weighted by Gasteiger charge is 2.39. The molecule has 1 fully saturated rings. The first-order valence-electron chi connectivity index (χ1n) is 12.9.